The number of amides is 1. The number of nitrogens with zero attached hydrogens (tertiary/aromatic N) is 1. The van der Waals surface area contributed by atoms with Crippen molar-refractivity contribution in [3.63, 3.8) is 0 Å². The number of fused-ring (bicyclic) bond motifs is 1. The third-order valence-corrected chi connectivity index (χ3v) is 3.12. The molecule has 5 nitrogen and oxygen atoms in total. The van der Waals surface area contributed by atoms with Gasteiger partial charge in [0, 0.05) is 28.5 Å². The molecule has 0 aliphatic carbocycles. The Hall–Kier alpha value is -2.82. The SMILES string of the molecule is Cc1ccc(NC(=O)c2c[nH]c3ccc(N)cc23)cn1. The Bertz CT molecular complexity index is 774. The number of nitrogens with two attached hydrogens (primary N) is 1. The Morgan fingerprint density at radius 1 is 1.30 bits per heavy atom. The van der Waals surface area contributed by atoms with Crippen molar-refractivity contribution in [1.82, 2.24) is 9.97 Å². The maximum Gasteiger partial charge on any atom is 0.257 e. The fraction of sp³-hybridized carbons (Fsp3) is 0.0667. The third kappa shape index (κ3) is 2.21. The molecule has 1 aromatic carbocycles. The smallest absolute Gasteiger partial charge is 0.257 e. The lowest BCUT2D eigenvalue weighted by Gasteiger charge is -2.04. The summed E-state index contributed by atoms with van der Waals surface area (Å²) < 4.78 is 0. The molecule has 3 rings (SSSR count). The molecule has 0 saturated heterocycles. The summed E-state index contributed by atoms with van der Waals surface area (Å²) in [5.41, 5.74) is 9.41. The number of carbonyl (C=O) groups is 1. The lowest BCUT2D eigenvalue weighted by atomic mass is 10.1. The van der Waals surface area contributed by atoms with Gasteiger partial charge in [-0.25, -0.2) is 0 Å². The molecule has 4 N–H and O–H groups in total. The lowest BCUT2D eigenvalue weighted by Crippen LogP contribution is -2.11. The van der Waals surface area contributed by atoms with Gasteiger partial charge < -0.3 is 16.0 Å². The minimum absolute atomic E-state index is 0.187. The van der Waals surface area contributed by atoms with Gasteiger partial charge in [-0.05, 0) is 37.3 Å². The van der Waals surface area contributed by atoms with Crippen LogP contribution in [0, 0.1) is 6.92 Å². The van der Waals surface area contributed by atoms with Gasteiger partial charge in [0.15, 0.2) is 0 Å². The summed E-state index contributed by atoms with van der Waals surface area (Å²) in [7, 11) is 0. The summed E-state index contributed by atoms with van der Waals surface area (Å²) in [6.07, 6.45) is 3.32. The van der Waals surface area contributed by atoms with E-state index in [4.69, 9.17) is 5.73 Å². The molecule has 3 aromatic rings. The highest BCUT2D eigenvalue weighted by molar-refractivity contribution is 6.13. The number of pyridine rings is 1. The summed E-state index contributed by atoms with van der Waals surface area (Å²) in [4.78, 5) is 19.5. The van der Waals surface area contributed by atoms with E-state index in [0.717, 1.165) is 16.6 Å². The summed E-state index contributed by atoms with van der Waals surface area (Å²) >= 11 is 0. The van der Waals surface area contributed by atoms with Crippen LogP contribution in [0.4, 0.5) is 11.4 Å². The van der Waals surface area contributed by atoms with Gasteiger partial charge in [-0.2, -0.15) is 0 Å². The second-order valence-corrected chi connectivity index (χ2v) is 4.65. The molecule has 0 saturated carbocycles. The molecule has 0 aliphatic heterocycles. The van der Waals surface area contributed by atoms with Crippen LogP contribution in [0.25, 0.3) is 10.9 Å². The van der Waals surface area contributed by atoms with E-state index < -0.39 is 0 Å². The van der Waals surface area contributed by atoms with E-state index in [1.807, 2.05) is 25.1 Å². The van der Waals surface area contributed by atoms with Crippen LogP contribution in [0.3, 0.4) is 0 Å². The van der Waals surface area contributed by atoms with E-state index >= 15 is 0 Å². The Kier molecular flexibility index (Phi) is 2.87. The molecule has 0 atom stereocenters. The number of aromatic amines is 1. The maximum atomic E-state index is 12.3. The van der Waals surface area contributed by atoms with E-state index in [1.54, 1.807) is 24.5 Å². The van der Waals surface area contributed by atoms with Gasteiger partial charge in [-0.3, -0.25) is 9.78 Å². The summed E-state index contributed by atoms with van der Waals surface area (Å²) in [5.74, 6) is -0.187. The molecule has 5 heteroatoms. The molecular weight excluding hydrogens is 252 g/mol. The van der Waals surface area contributed by atoms with Gasteiger partial charge in [0.2, 0.25) is 0 Å². The molecule has 1 amide bonds. The van der Waals surface area contributed by atoms with Crippen LogP contribution in [0.5, 0.6) is 0 Å². The largest absolute Gasteiger partial charge is 0.399 e. The van der Waals surface area contributed by atoms with Crippen molar-refractivity contribution in [3.8, 4) is 0 Å². The first kappa shape index (κ1) is 12.2. The Morgan fingerprint density at radius 3 is 2.90 bits per heavy atom. The molecule has 0 aliphatic rings. The first-order valence-electron chi connectivity index (χ1n) is 6.24. The number of rotatable bonds is 2. The summed E-state index contributed by atoms with van der Waals surface area (Å²) in [5, 5.41) is 3.63. The minimum atomic E-state index is -0.187. The van der Waals surface area contributed by atoms with Crippen molar-refractivity contribution in [2.45, 2.75) is 6.92 Å². The number of aryl methyl sites for hydroxylation is 1. The van der Waals surface area contributed by atoms with Gasteiger partial charge in [0.05, 0.1) is 17.4 Å². The zero-order chi connectivity index (χ0) is 14.1. The molecular formula is C15H14N4O. The average molecular weight is 266 g/mol. The number of aromatic nitrogens is 2. The molecule has 2 heterocycles. The van der Waals surface area contributed by atoms with Gasteiger partial charge in [-0.15, -0.1) is 0 Å². The van der Waals surface area contributed by atoms with Crippen molar-refractivity contribution < 1.29 is 4.79 Å². The Labute approximate surface area is 115 Å². The lowest BCUT2D eigenvalue weighted by molar-refractivity contribution is 0.102. The molecule has 2 aromatic heterocycles. The fourth-order valence-electron chi connectivity index (χ4n) is 2.07. The monoisotopic (exact) mass is 266 g/mol. The van der Waals surface area contributed by atoms with Crippen LogP contribution in [0.1, 0.15) is 16.1 Å². The van der Waals surface area contributed by atoms with E-state index in [9.17, 15) is 4.79 Å². The normalized spacial score (nSPS) is 10.7. The number of nitrogens with one attached hydrogen (secondary N) is 2. The maximum absolute atomic E-state index is 12.3. The highest BCUT2D eigenvalue weighted by Gasteiger charge is 2.12. The van der Waals surface area contributed by atoms with Crippen LogP contribution in [-0.2, 0) is 0 Å². The standard InChI is InChI=1S/C15H14N4O/c1-9-2-4-11(7-17-9)19-15(20)13-8-18-14-5-3-10(16)6-12(13)14/h2-8,18H,16H2,1H3,(H,19,20). The van der Waals surface area contributed by atoms with Crippen molar-refractivity contribution in [2.24, 2.45) is 0 Å². The molecule has 0 unspecified atom stereocenters. The highest BCUT2D eigenvalue weighted by atomic mass is 16.1. The Morgan fingerprint density at radius 2 is 2.15 bits per heavy atom. The summed E-state index contributed by atoms with van der Waals surface area (Å²) in [6, 6.07) is 9.11. The van der Waals surface area contributed by atoms with Crippen molar-refractivity contribution in [1.29, 1.82) is 0 Å². The molecule has 0 radical (unpaired) electrons. The minimum Gasteiger partial charge on any atom is -0.399 e. The number of hydrogen-bond donors (Lipinski definition) is 3. The Balaban J connectivity index is 1.92. The van der Waals surface area contributed by atoms with E-state index in [1.165, 1.54) is 0 Å². The predicted molar refractivity (Wildman–Crippen MR) is 79.6 cm³/mol. The number of nitrogen functional groups attached to an aromatic ring is 1. The second kappa shape index (κ2) is 4.70. The first-order valence-corrected chi connectivity index (χ1v) is 6.24. The summed E-state index contributed by atoms with van der Waals surface area (Å²) in [6.45, 7) is 1.90. The topological polar surface area (TPSA) is 83.8 Å². The average Bonchev–Trinajstić information content (AvgIpc) is 2.84. The fourth-order valence-corrected chi connectivity index (χ4v) is 2.07. The first-order chi connectivity index (χ1) is 9.63. The van der Waals surface area contributed by atoms with Crippen LogP contribution in [-0.4, -0.2) is 15.9 Å². The quantitative estimate of drug-likeness (QED) is 0.623. The zero-order valence-electron chi connectivity index (χ0n) is 11.0. The van der Waals surface area contributed by atoms with Gasteiger partial charge in [0.25, 0.3) is 5.91 Å². The second-order valence-electron chi connectivity index (χ2n) is 4.65. The van der Waals surface area contributed by atoms with Gasteiger partial charge in [-0.1, -0.05) is 0 Å². The van der Waals surface area contributed by atoms with Crippen molar-refractivity contribution >= 4 is 28.2 Å². The van der Waals surface area contributed by atoms with Gasteiger partial charge >= 0.3 is 0 Å². The van der Waals surface area contributed by atoms with E-state index in [-0.39, 0.29) is 5.91 Å². The molecule has 0 fully saturated rings. The number of H-pyrrole nitrogens is 1. The molecule has 20 heavy (non-hydrogen) atoms. The third-order valence-electron chi connectivity index (χ3n) is 3.12. The van der Waals surface area contributed by atoms with Crippen molar-refractivity contribution in [2.75, 3.05) is 11.1 Å². The molecule has 0 bridgehead atoms. The zero-order valence-corrected chi connectivity index (χ0v) is 11.0. The van der Waals surface area contributed by atoms with Crippen LogP contribution >= 0.6 is 0 Å². The predicted octanol–water partition coefficient (Wildman–Crippen LogP) is 2.71. The van der Waals surface area contributed by atoms with Crippen LogP contribution in [0.2, 0.25) is 0 Å². The molecule has 100 valence electrons. The van der Waals surface area contributed by atoms with Crippen LogP contribution < -0.4 is 11.1 Å². The number of benzene rings is 1. The van der Waals surface area contributed by atoms with Gasteiger partial charge in [0.1, 0.15) is 0 Å². The van der Waals surface area contributed by atoms with E-state index in [2.05, 4.69) is 15.3 Å². The molecule has 0 spiro atoms. The van der Waals surface area contributed by atoms with E-state index in [0.29, 0.717) is 16.9 Å². The number of carbonyl (C=O) groups excluding carboxylic acids is 1. The number of anilines is 2. The highest BCUT2D eigenvalue weighted by Crippen LogP contribution is 2.21. The van der Waals surface area contributed by atoms with Crippen LogP contribution in [0.15, 0.2) is 42.7 Å². The van der Waals surface area contributed by atoms with Crippen molar-refractivity contribution in [3.05, 3.63) is 54.0 Å². The number of hydrogen-bond acceptors (Lipinski definition) is 3.